The highest BCUT2D eigenvalue weighted by atomic mass is 32.2. The summed E-state index contributed by atoms with van der Waals surface area (Å²) in [6.45, 7) is 2.99. The number of hydrogen-bond acceptors (Lipinski definition) is 4. The Morgan fingerprint density at radius 2 is 1.77 bits per heavy atom. The highest BCUT2D eigenvalue weighted by molar-refractivity contribution is 7.78. The van der Waals surface area contributed by atoms with E-state index in [0.29, 0.717) is 6.42 Å². The first-order chi connectivity index (χ1) is 12.7. The summed E-state index contributed by atoms with van der Waals surface area (Å²) >= 11 is -1.37. The van der Waals surface area contributed by atoms with Crippen LogP contribution in [0.5, 0.6) is 0 Å². The highest BCUT2D eigenvalue weighted by Crippen LogP contribution is 2.08. The van der Waals surface area contributed by atoms with Crippen LogP contribution >= 0.6 is 0 Å². The maximum atomic E-state index is 11.6. The Kier molecular flexibility index (Phi) is 14.7. The van der Waals surface area contributed by atoms with Gasteiger partial charge in [0.1, 0.15) is 0 Å². The molecule has 0 radical (unpaired) electrons. The van der Waals surface area contributed by atoms with Crippen LogP contribution < -0.4 is 15.5 Å². The summed E-state index contributed by atoms with van der Waals surface area (Å²) < 4.78 is 18.5. The van der Waals surface area contributed by atoms with E-state index in [2.05, 4.69) is 34.6 Å². The van der Waals surface area contributed by atoms with Gasteiger partial charge in [0.05, 0.1) is 6.17 Å². The lowest BCUT2D eigenvalue weighted by atomic mass is 10.1. The highest BCUT2D eigenvalue weighted by Gasteiger charge is 2.19. The van der Waals surface area contributed by atoms with Gasteiger partial charge >= 0.3 is 0 Å². The van der Waals surface area contributed by atoms with E-state index in [1.54, 1.807) is 0 Å². The molecule has 1 rings (SSSR count). The molecule has 7 heteroatoms. The number of carbonyl (C=O) groups excluding carboxylic acids is 1. The third kappa shape index (κ3) is 13.4. The van der Waals surface area contributed by atoms with Crippen LogP contribution in [-0.4, -0.2) is 22.8 Å². The number of hydrogen-bond donors (Lipinski definition) is 3. The van der Waals surface area contributed by atoms with Gasteiger partial charge in [0, 0.05) is 13.0 Å². The zero-order valence-corrected chi connectivity index (χ0v) is 17.1. The molecule has 0 saturated carbocycles. The molecule has 26 heavy (non-hydrogen) atoms. The number of rotatable bonds is 16. The van der Waals surface area contributed by atoms with Crippen molar-refractivity contribution in [3.05, 3.63) is 12.2 Å². The number of carbonyl (C=O) groups is 1. The van der Waals surface area contributed by atoms with Crippen molar-refractivity contribution in [2.24, 2.45) is 0 Å². The number of unbranched alkanes of at least 4 members (excludes halogenated alkanes) is 8. The molecule has 6 nitrogen and oxygen atoms in total. The number of hydroxylamine groups is 1. The number of allylic oxidation sites excluding steroid dienone is 2. The van der Waals surface area contributed by atoms with Crippen molar-refractivity contribution in [3.8, 4) is 0 Å². The molecule has 0 bridgehead atoms. The molecule has 152 valence electrons. The fourth-order valence-electron chi connectivity index (χ4n) is 2.82. The SMILES string of the molecule is CCCCCCC(=O)NCCCC/C=C/CCCCCC1NOS(=O)N1. The molecule has 0 aromatic heterocycles. The van der Waals surface area contributed by atoms with Gasteiger partial charge in [-0.2, -0.15) is 14.5 Å². The molecule has 0 spiro atoms. The van der Waals surface area contributed by atoms with Crippen LogP contribution in [0.2, 0.25) is 0 Å². The van der Waals surface area contributed by atoms with Gasteiger partial charge < -0.3 is 5.32 Å². The Hall–Kier alpha value is -0.760. The molecule has 0 aromatic rings. The number of amides is 1. The molecule has 0 aliphatic carbocycles. The van der Waals surface area contributed by atoms with E-state index in [9.17, 15) is 9.00 Å². The van der Waals surface area contributed by atoms with Crippen LogP contribution in [0.15, 0.2) is 12.2 Å². The van der Waals surface area contributed by atoms with Crippen LogP contribution in [0, 0.1) is 0 Å². The van der Waals surface area contributed by atoms with Gasteiger partial charge in [0.15, 0.2) is 0 Å². The van der Waals surface area contributed by atoms with Crippen molar-refractivity contribution in [3.63, 3.8) is 0 Å². The monoisotopic (exact) mass is 387 g/mol. The summed E-state index contributed by atoms with van der Waals surface area (Å²) in [6.07, 6.45) is 18.6. The maximum Gasteiger partial charge on any atom is 0.253 e. The molecular formula is C19H37N3O3S. The minimum atomic E-state index is -1.37. The fraction of sp³-hybridized carbons (Fsp3) is 0.842. The molecule has 0 aromatic carbocycles. The summed E-state index contributed by atoms with van der Waals surface area (Å²) in [6, 6.07) is 0. The Morgan fingerprint density at radius 3 is 2.46 bits per heavy atom. The van der Waals surface area contributed by atoms with Gasteiger partial charge in [-0.1, -0.05) is 51.2 Å². The maximum absolute atomic E-state index is 11.6. The molecule has 1 heterocycles. The summed E-state index contributed by atoms with van der Waals surface area (Å²) in [4.78, 5) is 11.6. The molecule has 1 aliphatic heterocycles. The molecule has 1 aliphatic rings. The average molecular weight is 388 g/mol. The smallest absolute Gasteiger partial charge is 0.253 e. The van der Waals surface area contributed by atoms with E-state index >= 15 is 0 Å². The van der Waals surface area contributed by atoms with Crippen molar-refractivity contribution < 1.29 is 13.3 Å². The van der Waals surface area contributed by atoms with E-state index in [0.717, 1.165) is 51.5 Å². The topological polar surface area (TPSA) is 79.5 Å². The van der Waals surface area contributed by atoms with Gasteiger partial charge in [-0.3, -0.25) is 4.79 Å². The fourth-order valence-corrected chi connectivity index (χ4v) is 3.47. The van der Waals surface area contributed by atoms with Crippen molar-refractivity contribution in [2.45, 2.75) is 96.6 Å². The molecule has 2 atom stereocenters. The van der Waals surface area contributed by atoms with E-state index in [1.165, 1.54) is 32.1 Å². The molecule has 1 fully saturated rings. The molecular weight excluding hydrogens is 350 g/mol. The van der Waals surface area contributed by atoms with Gasteiger partial charge in [-0.25, -0.2) is 4.21 Å². The molecule has 3 N–H and O–H groups in total. The van der Waals surface area contributed by atoms with Crippen molar-refractivity contribution in [1.82, 2.24) is 15.5 Å². The Balaban J connectivity index is 1.79. The minimum Gasteiger partial charge on any atom is -0.356 e. The second-order valence-corrected chi connectivity index (χ2v) is 7.74. The zero-order chi connectivity index (χ0) is 18.9. The van der Waals surface area contributed by atoms with E-state index in [4.69, 9.17) is 4.28 Å². The first-order valence-electron chi connectivity index (χ1n) is 10.2. The van der Waals surface area contributed by atoms with Gasteiger partial charge in [-0.05, 0) is 44.9 Å². The molecule has 1 amide bonds. The van der Waals surface area contributed by atoms with Crippen LogP contribution in [0.1, 0.15) is 90.4 Å². The van der Waals surface area contributed by atoms with Crippen molar-refractivity contribution in [2.75, 3.05) is 6.54 Å². The van der Waals surface area contributed by atoms with Gasteiger partial charge in [0.25, 0.3) is 11.3 Å². The largest absolute Gasteiger partial charge is 0.356 e. The molecule has 2 unspecified atom stereocenters. The normalized spacial score (nSPS) is 20.0. The van der Waals surface area contributed by atoms with Crippen molar-refractivity contribution >= 4 is 17.2 Å². The summed E-state index contributed by atoms with van der Waals surface area (Å²) in [5.41, 5.74) is 2.71. The van der Waals surface area contributed by atoms with Crippen molar-refractivity contribution in [1.29, 1.82) is 0 Å². The first kappa shape index (κ1) is 23.3. The Labute approximate surface area is 161 Å². The van der Waals surface area contributed by atoms with Crippen LogP contribution in [0.25, 0.3) is 0 Å². The first-order valence-corrected chi connectivity index (χ1v) is 11.3. The molecule has 1 saturated heterocycles. The van der Waals surface area contributed by atoms with Gasteiger partial charge in [-0.15, -0.1) is 0 Å². The zero-order valence-electron chi connectivity index (χ0n) is 16.3. The average Bonchev–Trinajstić information content (AvgIpc) is 3.05. The summed E-state index contributed by atoms with van der Waals surface area (Å²) in [5, 5.41) is 3.01. The minimum absolute atomic E-state index is 0.0169. The van der Waals surface area contributed by atoms with E-state index in [1.807, 2.05) is 0 Å². The lowest BCUT2D eigenvalue weighted by Gasteiger charge is -2.05. The standard InChI is InChI=1S/C19H37N3O3S/c1-2-3-4-13-16-19(23)20-17-14-11-9-7-5-6-8-10-12-15-18-21-25-26(24)22-18/h5,7,18,21-22H,2-4,6,8-17H2,1H3,(H,20,23)/b7-5+. The van der Waals surface area contributed by atoms with Gasteiger partial charge in [0.2, 0.25) is 5.91 Å². The Bertz CT molecular complexity index is 419. The predicted molar refractivity (Wildman–Crippen MR) is 107 cm³/mol. The van der Waals surface area contributed by atoms with Crippen LogP contribution in [0.3, 0.4) is 0 Å². The van der Waals surface area contributed by atoms with Crippen LogP contribution in [0.4, 0.5) is 0 Å². The quantitative estimate of drug-likeness (QED) is 0.278. The Morgan fingerprint density at radius 1 is 1.04 bits per heavy atom. The van der Waals surface area contributed by atoms with Crippen LogP contribution in [-0.2, 0) is 20.3 Å². The lowest BCUT2D eigenvalue weighted by molar-refractivity contribution is -0.121. The predicted octanol–water partition coefficient (Wildman–Crippen LogP) is 3.78. The third-order valence-corrected chi connectivity index (χ3v) is 5.14. The second kappa shape index (κ2) is 16.4. The lowest BCUT2D eigenvalue weighted by Crippen LogP contribution is -2.30. The van der Waals surface area contributed by atoms with E-state index < -0.39 is 11.3 Å². The third-order valence-electron chi connectivity index (χ3n) is 4.41. The number of nitrogens with one attached hydrogen (secondary N) is 3. The summed E-state index contributed by atoms with van der Waals surface area (Å²) in [7, 11) is 0. The second-order valence-electron chi connectivity index (χ2n) is 6.87. The van der Waals surface area contributed by atoms with E-state index in [-0.39, 0.29) is 12.1 Å². The summed E-state index contributed by atoms with van der Waals surface area (Å²) in [5.74, 6) is 0.206.